The summed E-state index contributed by atoms with van der Waals surface area (Å²) >= 11 is 0. The number of ether oxygens (including phenoxy) is 2. The van der Waals surface area contributed by atoms with E-state index < -0.39 is 5.60 Å². The van der Waals surface area contributed by atoms with Gasteiger partial charge in [0.25, 0.3) is 0 Å². The molecule has 0 aromatic carbocycles. The molecule has 2 fully saturated rings. The minimum absolute atomic E-state index is 0.158. The normalized spacial score (nSPS) is 23.5. The summed E-state index contributed by atoms with van der Waals surface area (Å²) < 4.78 is 11.0. The topological polar surface area (TPSA) is 50.8 Å². The Morgan fingerprint density at radius 3 is 2.43 bits per heavy atom. The van der Waals surface area contributed by atoms with Gasteiger partial charge in [0, 0.05) is 31.8 Å². The van der Waals surface area contributed by atoms with Crippen LogP contribution in [0.3, 0.4) is 0 Å². The van der Waals surface area contributed by atoms with Crippen LogP contribution in [-0.2, 0) is 9.47 Å². The van der Waals surface area contributed by atoms with Gasteiger partial charge in [0.1, 0.15) is 5.60 Å². The highest BCUT2D eigenvalue weighted by atomic mass is 16.6. The average molecular weight is 326 g/mol. The Hall–Kier alpha value is -0.810. The van der Waals surface area contributed by atoms with Gasteiger partial charge in [0.2, 0.25) is 0 Å². The summed E-state index contributed by atoms with van der Waals surface area (Å²) in [4.78, 5) is 14.6. The molecule has 0 bridgehead atoms. The summed E-state index contributed by atoms with van der Waals surface area (Å²) in [6.45, 7) is 8.96. The van der Waals surface area contributed by atoms with E-state index in [1.165, 1.54) is 25.7 Å². The highest BCUT2D eigenvalue weighted by Gasteiger charge is 2.28. The summed E-state index contributed by atoms with van der Waals surface area (Å²) in [7, 11) is 0. The molecular formula is C18H34N2O3. The summed E-state index contributed by atoms with van der Waals surface area (Å²) in [5.74, 6) is 0. The Bertz CT molecular complexity index is 354. The van der Waals surface area contributed by atoms with Gasteiger partial charge in [-0.2, -0.15) is 0 Å². The van der Waals surface area contributed by atoms with Gasteiger partial charge < -0.3 is 19.7 Å². The van der Waals surface area contributed by atoms with Crippen molar-refractivity contribution < 1.29 is 14.3 Å². The first-order chi connectivity index (χ1) is 11.0. The van der Waals surface area contributed by atoms with Gasteiger partial charge in [-0.25, -0.2) is 4.79 Å². The summed E-state index contributed by atoms with van der Waals surface area (Å²) in [6.07, 6.45) is 8.12. The Labute approximate surface area is 141 Å². The first kappa shape index (κ1) is 18.5. The van der Waals surface area contributed by atoms with Crippen molar-refractivity contribution in [2.75, 3.05) is 26.3 Å². The molecule has 1 N–H and O–H groups in total. The van der Waals surface area contributed by atoms with Crippen molar-refractivity contribution in [2.24, 2.45) is 0 Å². The average Bonchev–Trinajstić information content (AvgIpc) is 2.83. The first-order valence-electron chi connectivity index (χ1n) is 9.26. The molecule has 0 aromatic rings. The molecule has 0 spiro atoms. The Kier molecular flexibility index (Phi) is 7.15. The Morgan fingerprint density at radius 2 is 1.87 bits per heavy atom. The third-order valence-electron chi connectivity index (χ3n) is 4.61. The van der Waals surface area contributed by atoms with Crippen molar-refractivity contribution in [1.82, 2.24) is 10.2 Å². The zero-order chi connectivity index (χ0) is 16.7. The van der Waals surface area contributed by atoms with Crippen molar-refractivity contribution in [2.45, 2.75) is 83.4 Å². The number of amides is 1. The molecule has 23 heavy (non-hydrogen) atoms. The van der Waals surface area contributed by atoms with E-state index in [4.69, 9.17) is 9.47 Å². The lowest BCUT2D eigenvalue weighted by molar-refractivity contribution is 0.0145. The quantitative estimate of drug-likeness (QED) is 0.787. The highest BCUT2D eigenvalue weighted by molar-refractivity contribution is 5.68. The van der Waals surface area contributed by atoms with Crippen molar-refractivity contribution >= 4 is 6.09 Å². The molecule has 1 aliphatic carbocycles. The van der Waals surface area contributed by atoms with E-state index in [0.717, 1.165) is 45.6 Å². The molecule has 1 aliphatic heterocycles. The van der Waals surface area contributed by atoms with Gasteiger partial charge in [-0.05, 0) is 40.0 Å². The number of nitrogens with one attached hydrogen (secondary N) is 1. The fraction of sp³-hybridized carbons (Fsp3) is 0.944. The number of carbonyl (C=O) groups is 1. The monoisotopic (exact) mass is 326 g/mol. The number of hydrogen-bond donors (Lipinski definition) is 1. The molecule has 1 atom stereocenters. The maximum absolute atomic E-state index is 12.6. The van der Waals surface area contributed by atoms with Crippen molar-refractivity contribution in [3.05, 3.63) is 0 Å². The molecule has 0 radical (unpaired) electrons. The first-order valence-corrected chi connectivity index (χ1v) is 9.26. The van der Waals surface area contributed by atoms with Gasteiger partial charge >= 0.3 is 6.09 Å². The van der Waals surface area contributed by atoms with Crippen molar-refractivity contribution in [1.29, 1.82) is 0 Å². The zero-order valence-electron chi connectivity index (χ0n) is 15.1. The lowest BCUT2D eigenvalue weighted by atomic mass is 10.1. The molecule has 0 aromatic heterocycles. The van der Waals surface area contributed by atoms with Crippen LogP contribution in [0.1, 0.15) is 65.7 Å². The molecule has 1 unspecified atom stereocenters. The summed E-state index contributed by atoms with van der Waals surface area (Å²) in [5.41, 5.74) is -0.438. The zero-order valence-corrected chi connectivity index (χ0v) is 15.1. The molecule has 134 valence electrons. The third-order valence-corrected chi connectivity index (χ3v) is 4.61. The van der Waals surface area contributed by atoms with E-state index >= 15 is 0 Å². The van der Waals surface area contributed by atoms with Gasteiger partial charge in [-0.3, -0.25) is 0 Å². The second-order valence-electron chi connectivity index (χ2n) is 7.83. The minimum Gasteiger partial charge on any atom is -0.444 e. The van der Waals surface area contributed by atoms with E-state index in [1.807, 2.05) is 25.7 Å². The van der Waals surface area contributed by atoms with E-state index in [1.54, 1.807) is 0 Å². The number of carbonyl (C=O) groups excluding carboxylic acids is 1. The van der Waals surface area contributed by atoms with Crippen LogP contribution in [0.4, 0.5) is 4.79 Å². The van der Waals surface area contributed by atoms with Crippen LogP contribution in [-0.4, -0.2) is 55.0 Å². The van der Waals surface area contributed by atoms with E-state index in [-0.39, 0.29) is 6.09 Å². The minimum atomic E-state index is -0.438. The molecule has 2 rings (SSSR count). The van der Waals surface area contributed by atoms with Crippen LogP contribution in [0.2, 0.25) is 0 Å². The fourth-order valence-electron chi connectivity index (χ4n) is 3.40. The number of rotatable bonds is 5. The lowest BCUT2D eigenvalue weighted by Crippen LogP contribution is -2.47. The molecule has 2 aliphatic rings. The maximum atomic E-state index is 12.6. The molecule has 1 saturated heterocycles. The molecular weight excluding hydrogens is 292 g/mol. The predicted octanol–water partition coefficient (Wildman–Crippen LogP) is 3.32. The van der Waals surface area contributed by atoms with Gasteiger partial charge in [-0.15, -0.1) is 0 Å². The standard InChI is InChI=1S/C18H34N2O3/c1-18(2,3)23-17(21)20(16-8-6-4-5-7-9-16)12-11-19-15-10-13-22-14-15/h15-16,19H,4-14H2,1-3H3. The van der Waals surface area contributed by atoms with Crippen LogP contribution in [0.5, 0.6) is 0 Å². The van der Waals surface area contributed by atoms with Gasteiger partial charge in [-0.1, -0.05) is 25.7 Å². The van der Waals surface area contributed by atoms with E-state index in [9.17, 15) is 4.79 Å². The second-order valence-corrected chi connectivity index (χ2v) is 7.83. The fourth-order valence-corrected chi connectivity index (χ4v) is 3.40. The Morgan fingerprint density at radius 1 is 1.17 bits per heavy atom. The van der Waals surface area contributed by atoms with Crippen molar-refractivity contribution in [3.8, 4) is 0 Å². The predicted molar refractivity (Wildman–Crippen MR) is 91.7 cm³/mol. The van der Waals surface area contributed by atoms with Gasteiger partial charge in [0.15, 0.2) is 0 Å². The van der Waals surface area contributed by atoms with Crippen LogP contribution >= 0.6 is 0 Å². The van der Waals surface area contributed by atoms with E-state index in [2.05, 4.69) is 5.32 Å². The van der Waals surface area contributed by atoms with Crippen LogP contribution < -0.4 is 5.32 Å². The number of hydrogen-bond acceptors (Lipinski definition) is 4. The molecule has 5 nitrogen and oxygen atoms in total. The van der Waals surface area contributed by atoms with E-state index in [0.29, 0.717) is 12.1 Å². The summed E-state index contributed by atoms with van der Waals surface area (Å²) in [5, 5.41) is 3.51. The third kappa shape index (κ3) is 6.68. The molecule has 5 heteroatoms. The molecule has 1 saturated carbocycles. The second kappa shape index (κ2) is 8.88. The van der Waals surface area contributed by atoms with Crippen LogP contribution in [0.25, 0.3) is 0 Å². The highest BCUT2D eigenvalue weighted by Crippen LogP contribution is 2.23. The molecule has 1 heterocycles. The number of nitrogens with zero attached hydrogens (tertiary/aromatic N) is 1. The SMILES string of the molecule is CC(C)(C)OC(=O)N(CCNC1CCOC1)C1CCCCCC1. The maximum Gasteiger partial charge on any atom is 0.410 e. The molecule has 1 amide bonds. The van der Waals surface area contributed by atoms with Crippen molar-refractivity contribution in [3.63, 3.8) is 0 Å². The largest absolute Gasteiger partial charge is 0.444 e. The Balaban J connectivity index is 1.90. The van der Waals surface area contributed by atoms with Gasteiger partial charge in [0.05, 0.1) is 6.61 Å². The smallest absolute Gasteiger partial charge is 0.410 e. The lowest BCUT2D eigenvalue weighted by Gasteiger charge is -2.33. The summed E-state index contributed by atoms with van der Waals surface area (Å²) in [6, 6.07) is 0.763. The van der Waals surface area contributed by atoms with Crippen LogP contribution in [0, 0.1) is 0 Å². The van der Waals surface area contributed by atoms with Crippen LogP contribution in [0.15, 0.2) is 0 Å².